The second kappa shape index (κ2) is 8.68. The maximum absolute atomic E-state index is 10.7. The van der Waals surface area contributed by atoms with Gasteiger partial charge in [0.1, 0.15) is 0 Å². The van der Waals surface area contributed by atoms with Crippen LogP contribution in [0.2, 0.25) is 0 Å². The largest absolute Gasteiger partial charge is 0.481 e. The third kappa shape index (κ3) is 5.28. The molecule has 0 radical (unpaired) electrons. The molecule has 3 atom stereocenters. The Bertz CT molecular complexity index is 392. The highest BCUT2D eigenvalue weighted by Gasteiger charge is 2.23. The monoisotopic (exact) mass is 281 g/mol. The van der Waals surface area contributed by atoms with E-state index in [-0.39, 0.29) is 19.1 Å². The van der Waals surface area contributed by atoms with E-state index in [0.717, 1.165) is 5.56 Å². The highest BCUT2D eigenvalue weighted by Crippen LogP contribution is 2.20. The first-order valence-corrected chi connectivity index (χ1v) is 6.90. The van der Waals surface area contributed by atoms with E-state index in [1.807, 2.05) is 25.1 Å². The summed E-state index contributed by atoms with van der Waals surface area (Å²) in [5.41, 5.74) is 0.739. The van der Waals surface area contributed by atoms with Gasteiger partial charge in [-0.15, -0.1) is 0 Å². The summed E-state index contributed by atoms with van der Waals surface area (Å²) >= 11 is 0. The van der Waals surface area contributed by atoms with Crippen LogP contribution in [0.25, 0.3) is 0 Å². The lowest BCUT2D eigenvalue weighted by Crippen LogP contribution is -2.43. The fraction of sp³-hybridized carbons (Fsp3) is 0.533. The lowest BCUT2D eigenvalue weighted by molar-refractivity contribution is -0.137. The summed E-state index contributed by atoms with van der Waals surface area (Å²) in [6, 6.07) is 8.59. The van der Waals surface area contributed by atoms with E-state index in [9.17, 15) is 15.0 Å². The number of hydrogen-bond donors (Lipinski definition) is 4. The molecule has 0 bridgehead atoms. The SMILES string of the molecule is CCC(CO)NC(CCC(=O)O)C(O)c1ccccc1. The minimum absolute atomic E-state index is 0.0244. The predicted molar refractivity (Wildman–Crippen MR) is 76.4 cm³/mol. The highest BCUT2D eigenvalue weighted by molar-refractivity contribution is 5.66. The molecule has 5 nitrogen and oxygen atoms in total. The number of hydrogen-bond acceptors (Lipinski definition) is 4. The van der Waals surface area contributed by atoms with E-state index in [4.69, 9.17) is 5.11 Å². The van der Waals surface area contributed by atoms with Crippen LogP contribution in [-0.2, 0) is 4.79 Å². The van der Waals surface area contributed by atoms with E-state index in [0.29, 0.717) is 12.8 Å². The van der Waals surface area contributed by atoms with Gasteiger partial charge in [-0.2, -0.15) is 0 Å². The van der Waals surface area contributed by atoms with Gasteiger partial charge < -0.3 is 20.6 Å². The van der Waals surface area contributed by atoms with Gasteiger partial charge in [0, 0.05) is 18.5 Å². The molecule has 0 heterocycles. The van der Waals surface area contributed by atoms with Gasteiger partial charge in [0.2, 0.25) is 0 Å². The zero-order valence-electron chi connectivity index (χ0n) is 11.7. The van der Waals surface area contributed by atoms with E-state index in [1.165, 1.54) is 0 Å². The number of nitrogens with one attached hydrogen (secondary N) is 1. The second-order valence-corrected chi connectivity index (χ2v) is 4.85. The summed E-state index contributed by atoms with van der Waals surface area (Å²) in [6.45, 7) is 1.89. The van der Waals surface area contributed by atoms with Crippen molar-refractivity contribution in [1.29, 1.82) is 0 Å². The van der Waals surface area contributed by atoms with Crippen LogP contribution in [0.3, 0.4) is 0 Å². The minimum Gasteiger partial charge on any atom is -0.481 e. The first-order chi connectivity index (χ1) is 9.58. The maximum Gasteiger partial charge on any atom is 0.303 e. The Kier molecular flexibility index (Phi) is 7.22. The van der Waals surface area contributed by atoms with Gasteiger partial charge >= 0.3 is 5.97 Å². The first-order valence-electron chi connectivity index (χ1n) is 6.90. The van der Waals surface area contributed by atoms with Crippen molar-refractivity contribution in [1.82, 2.24) is 5.32 Å². The Morgan fingerprint density at radius 3 is 2.45 bits per heavy atom. The summed E-state index contributed by atoms with van der Waals surface area (Å²) in [5.74, 6) is -0.894. The van der Waals surface area contributed by atoms with Crippen molar-refractivity contribution in [3.8, 4) is 0 Å². The van der Waals surface area contributed by atoms with Gasteiger partial charge in [0.15, 0.2) is 0 Å². The fourth-order valence-electron chi connectivity index (χ4n) is 2.10. The van der Waals surface area contributed by atoms with Crippen LogP contribution in [0, 0.1) is 0 Å². The molecule has 0 fully saturated rings. The molecule has 1 aromatic rings. The Morgan fingerprint density at radius 1 is 1.30 bits per heavy atom. The number of rotatable bonds is 9. The van der Waals surface area contributed by atoms with Crippen LogP contribution in [0.5, 0.6) is 0 Å². The summed E-state index contributed by atoms with van der Waals surface area (Å²) in [4.78, 5) is 10.7. The smallest absolute Gasteiger partial charge is 0.303 e. The first kappa shape index (κ1) is 16.6. The van der Waals surface area contributed by atoms with Crippen molar-refractivity contribution in [2.24, 2.45) is 0 Å². The van der Waals surface area contributed by atoms with E-state index in [2.05, 4.69) is 5.32 Å². The molecule has 5 heteroatoms. The second-order valence-electron chi connectivity index (χ2n) is 4.85. The number of aliphatic hydroxyl groups is 2. The molecule has 0 aliphatic carbocycles. The Hall–Kier alpha value is -1.43. The van der Waals surface area contributed by atoms with E-state index >= 15 is 0 Å². The van der Waals surface area contributed by atoms with Crippen LogP contribution < -0.4 is 5.32 Å². The third-order valence-corrected chi connectivity index (χ3v) is 3.35. The molecule has 1 rings (SSSR count). The van der Waals surface area contributed by atoms with Gasteiger partial charge in [0.25, 0.3) is 0 Å². The lowest BCUT2D eigenvalue weighted by atomic mass is 9.97. The summed E-state index contributed by atoms with van der Waals surface area (Å²) in [7, 11) is 0. The summed E-state index contributed by atoms with van der Waals surface area (Å²) in [5, 5.41) is 31.6. The van der Waals surface area contributed by atoms with Crippen LogP contribution in [0.1, 0.15) is 37.9 Å². The van der Waals surface area contributed by atoms with Crippen LogP contribution in [0.15, 0.2) is 30.3 Å². The quantitative estimate of drug-likeness (QED) is 0.548. The average molecular weight is 281 g/mol. The number of aliphatic hydroxyl groups excluding tert-OH is 2. The zero-order chi connectivity index (χ0) is 15.0. The molecule has 0 aromatic heterocycles. The standard InChI is InChI=1S/C15H23NO4/c1-2-12(10-17)16-13(8-9-14(18)19)15(20)11-6-4-3-5-7-11/h3-7,12-13,15-17,20H,2,8-10H2,1H3,(H,18,19). The van der Waals surface area contributed by atoms with Crippen LogP contribution >= 0.6 is 0 Å². The molecule has 0 saturated heterocycles. The van der Waals surface area contributed by atoms with Crippen LogP contribution in [-0.4, -0.2) is 40.0 Å². The van der Waals surface area contributed by atoms with Gasteiger partial charge in [-0.1, -0.05) is 37.3 Å². The molecule has 112 valence electrons. The summed E-state index contributed by atoms with van der Waals surface area (Å²) in [6.07, 6.45) is 0.198. The fourth-order valence-corrected chi connectivity index (χ4v) is 2.10. The molecule has 0 spiro atoms. The molecule has 3 unspecified atom stereocenters. The molecule has 0 aliphatic rings. The van der Waals surface area contributed by atoms with Crippen molar-refractivity contribution >= 4 is 5.97 Å². The number of carboxylic acids is 1. The molecule has 4 N–H and O–H groups in total. The molecular formula is C15H23NO4. The minimum atomic E-state index is -0.894. The Labute approximate surface area is 119 Å². The normalized spacial score (nSPS) is 15.6. The number of carbonyl (C=O) groups is 1. The van der Waals surface area contributed by atoms with Gasteiger partial charge in [0.05, 0.1) is 12.7 Å². The average Bonchev–Trinajstić information content (AvgIpc) is 2.47. The van der Waals surface area contributed by atoms with Gasteiger partial charge in [-0.3, -0.25) is 4.79 Å². The van der Waals surface area contributed by atoms with Crippen molar-refractivity contribution in [2.75, 3.05) is 6.61 Å². The van der Waals surface area contributed by atoms with Crippen molar-refractivity contribution < 1.29 is 20.1 Å². The maximum atomic E-state index is 10.7. The van der Waals surface area contributed by atoms with E-state index < -0.39 is 18.1 Å². The summed E-state index contributed by atoms with van der Waals surface area (Å²) < 4.78 is 0. The molecule has 1 aromatic carbocycles. The number of aliphatic carboxylic acids is 1. The van der Waals surface area contributed by atoms with Gasteiger partial charge in [-0.05, 0) is 18.4 Å². The molecular weight excluding hydrogens is 258 g/mol. The van der Waals surface area contributed by atoms with Crippen molar-refractivity contribution in [3.05, 3.63) is 35.9 Å². The topological polar surface area (TPSA) is 89.8 Å². The lowest BCUT2D eigenvalue weighted by Gasteiger charge is -2.28. The molecule has 20 heavy (non-hydrogen) atoms. The Balaban J connectivity index is 2.77. The molecule has 0 amide bonds. The predicted octanol–water partition coefficient (Wildman–Crippen LogP) is 1.31. The molecule has 0 saturated carbocycles. The Morgan fingerprint density at radius 2 is 1.95 bits per heavy atom. The van der Waals surface area contributed by atoms with Gasteiger partial charge in [-0.25, -0.2) is 0 Å². The highest BCUT2D eigenvalue weighted by atomic mass is 16.4. The third-order valence-electron chi connectivity index (χ3n) is 3.35. The zero-order valence-corrected chi connectivity index (χ0v) is 11.7. The van der Waals surface area contributed by atoms with E-state index in [1.54, 1.807) is 12.1 Å². The number of carboxylic acid groups (broad SMARTS) is 1. The van der Waals surface area contributed by atoms with Crippen molar-refractivity contribution in [2.45, 2.75) is 44.4 Å². The van der Waals surface area contributed by atoms with Crippen molar-refractivity contribution in [3.63, 3.8) is 0 Å². The number of benzene rings is 1. The van der Waals surface area contributed by atoms with Crippen LogP contribution in [0.4, 0.5) is 0 Å². The molecule has 0 aliphatic heterocycles.